The Labute approximate surface area is 744 Å². The zero-order valence-electron chi connectivity index (χ0n) is 71.1. The normalized spacial score (nSPS) is 11.5. The molecule has 0 amide bonds. The van der Waals surface area contributed by atoms with Crippen molar-refractivity contribution >= 4 is 79.8 Å². The minimum atomic E-state index is -3.25. The topological polar surface area (TPSA) is 484 Å². The zero-order chi connectivity index (χ0) is 94.4. The van der Waals surface area contributed by atoms with Gasteiger partial charge in [-0.05, 0) is 168 Å². The van der Waals surface area contributed by atoms with E-state index in [1.165, 1.54) is 47.5 Å². The molecule has 0 spiro atoms. The molecular weight excluding hydrogens is 1880 g/mol. The molecule has 125 heavy (non-hydrogen) atoms. The van der Waals surface area contributed by atoms with Crippen LogP contribution in [0, 0.1) is 186 Å². The van der Waals surface area contributed by atoms with Gasteiger partial charge in [0.1, 0.15) is 28.8 Å². The van der Waals surface area contributed by atoms with Crippen LogP contribution in [0.4, 0.5) is 42.9 Å². The van der Waals surface area contributed by atoms with Crippen LogP contribution in [0.5, 0.6) is 23.0 Å². The number of hydrogen-bond acceptors (Lipinski definition) is 27. The number of non-ortho nitro benzene ring substituents is 1. The molecule has 0 radical (unpaired) electrons. The summed E-state index contributed by atoms with van der Waals surface area (Å²) in [6.07, 6.45) is 5.92. The number of carbonyl (C=O) groups excluding carboxylic acids is 9. The van der Waals surface area contributed by atoms with Crippen molar-refractivity contribution in [2.24, 2.45) is 0 Å². The van der Waals surface area contributed by atoms with Crippen LogP contribution < -0.4 is 18.9 Å². The van der Waals surface area contributed by atoms with Gasteiger partial charge in [-0.3, -0.25) is 75.1 Å². The van der Waals surface area contributed by atoms with Crippen LogP contribution in [-0.4, -0.2) is 106 Å². The van der Waals surface area contributed by atoms with E-state index in [2.05, 4.69) is 13.0 Å². The number of ketones is 3. The van der Waals surface area contributed by atoms with Crippen molar-refractivity contribution in [3.8, 4) is 23.0 Å². The first kappa shape index (κ1) is 114. The predicted octanol–water partition coefficient (Wildman–Crippen LogP) is 17.9. The molecule has 37 heteroatoms. The summed E-state index contributed by atoms with van der Waals surface area (Å²) >= 11 is 0. The molecule has 0 unspecified atom stereocenters. The second kappa shape index (κ2) is 61.8. The summed E-state index contributed by atoms with van der Waals surface area (Å²) in [5, 5.41) is 61.9. The van der Waals surface area contributed by atoms with E-state index in [9.17, 15) is 92.3 Å². The number of aryl methyl sites for hydroxylation is 10. The zero-order valence-corrected chi connectivity index (χ0v) is 76.0. The SMILES string of the molecule is CCCOc1cc(C)ccc1[N+](=O)[O-].CCCOc1cc(C)ccc1[N+](=O)[O-].Cc1c[c-]c([N+](=O)[O-])cc1.Cc1ccc([N+](=O)[O-])c(C)c1.Cc1ccc([N+](=O)[O-])c(F)c1.Cc1ccc([N+](=O)[O-])c(F)c1.Cc1ccc2c(c1)OCCC(=O)C2.Cc1ccc2c(c1)OCCC(=O)C2.Cc1ccc2c(c1)S(=O)(=O)CCC(=O)C2.O=C=O.O=C=O.O=C=O.[CH2-]CC.[U+2]. The Morgan fingerprint density at radius 2 is 0.704 bits per heavy atom. The van der Waals surface area contributed by atoms with Crippen molar-refractivity contribution in [1.82, 2.24) is 0 Å². The van der Waals surface area contributed by atoms with Crippen LogP contribution in [0.3, 0.4) is 0 Å². The van der Waals surface area contributed by atoms with E-state index >= 15 is 0 Å². The van der Waals surface area contributed by atoms with Gasteiger partial charge in [0.2, 0.25) is 11.6 Å². The number of fused-ring (bicyclic) bond motifs is 3. The third kappa shape index (κ3) is 45.9. The third-order valence-corrected chi connectivity index (χ3v) is 17.7. The van der Waals surface area contributed by atoms with Crippen LogP contribution in [0.1, 0.15) is 132 Å². The molecule has 0 aliphatic carbocycles. The molecule has 0 saturated heterocycles. The number of carbonyl (C=O) groups is 3. The van der Waals surface area contributed by atoms with Gasteiger partial charge in [-0.25, -0.2) is 8.42 Å². The van der Waals surface area contributed by atoms with Crippen LogP contribution in [0.2, 0.25) is 0 Å². The molecule has 0 bridgehead atoms. The maximum Gasteiger partial charge on any atom is 2.00 e. The van der Waals surface area contributed by atoms with Crippen LogP contribution in [0.25, 0.3) is 0 Å². The largest absolute Gasteiger partial charge is 2.00 e. The summed E-state index contributed by atoms with van der Waals surface area (Å²) in [6, 6.07) is 46.9. The Bertz CT molecular complexity index is 5000. The number of nitro groups is 6. The average molecular weight is 1980 g/mol. The molecule has 9 aromatic carbocycles. The first-order valence-electron chi connectivity index (χ1n) is 37.5. The number of halogens is 2. The molecule has 0 aromatic heterocycles. The average Bonchev–Trinajstić information content (AvgIpc) is 1.71. The van der Waals surface area contributed by atoms with Crippen LogP contribution in [-0.2, 0) is 72.3 Å². The van der Waals surface area contributed by atoms with Gasteiger partial charge < -0.3 is 25.9 Å². The molecule has 12 rings (SSSR count). The number of nitrogens with zero attached hydrogens (tertiary/aromatic N) is 6. The standard InChI is InChI=1S/C11H12O3S.2C11H12O2.2C10H13NO3.C8H9NO2.2C7H6FNO2.C7H6NO2.C3H7.3CO2.U/c1-8-2-3-9-7-10(12)4-5-15(13,14)11(9)6-8;2*1-8-2-3-9-7-10(12)4-5-13-11(9)6-8;2*1-3-6-14-10-7-8(2)4-5-9(10)11(12)13;1-6-3-4-8(9(10)11)7(2)5-6;2*1-5-2-3-7(9(10)11)6(8)4-5;1-6-2-4-7(5-3-6)8(9)10;1-3-2;3*2-1-3;/h2-3,6H,4-5,7H2,1H3;2*2-3,6H,4-5,7H2,1H3;2*4-5,7H,3,6H2,1-2H3;3-5H,1-2H3;2*2-4H,1H3;2-4H,1H3;1,3H2,2H3;;;;/q;;;;;;;;2*-1;;;;+2. The molecule has 0 fully saturated rings. The maximum absolute atomic E-state index is 12.7. The number of ether oxygens (including phenoxy) is 4. The van der Waals surface area contributed by atoms with Gasteiger partial charge in [-0.2, -0.15) is 61.7 Å². The molecule has 0 atom stereocenters. The van der Waals surface area contributed by atoms with E-state index < -0.39 is 57.5 Å². The van der Waals surface area contributed by atoms with E-state index in [-0.39, 0.29) is 113 Å². The molecule has 3 aliphatic rings. The van der Waals surface area contributed by atoms with Crippen molar-refractivity contribution in [3.05, 3.63) is 321 Å². The Morgan fingerprint density at radius 3 is 1.03 bits per heavy atom. The van der Waals surface area contributed by atoms with Gasteiger partial charge in [0.25, 0.3) is 5.69 Å². The Hall–Kier alpha value is -13.4. The first-order valence-corrected chi connectivity index (χ1v) is 39.1. The molecule has 33 nitrogen and oxygen atoms in total. The van der Waals surface area contributed by atoms with Gasteiger partial charge >= 0.3 is 72.3 Å². The van der Waals surface area contributed by atoms with Gasteiger partial charge in [-0.15, -0.1) is 6.07 Å². The fraction of sp³-hybridized carbons (Fsp3) is 0.307. The Balaban J connectivity index is 0. The van der Waals surface area contributed by atoms with Gasteiger partial charge in [-0.1, -0.05) is 106 Å². The van der Waals surface area contributed by atoms with Gasteiger partial charge in [0.15, 0.2) is 27.0 Å². The van der Waals surface area contributed by atoms with Gasteiger partial charge in [0, 0.05) is 90.5 Å². The van der Waals surface area contributed by atoms with Crippen molar-refractivity contribution in [2.75, 3.05) is 32.2 Å². The molecule has 9 aromatic rings. The summed E-state index contributed by atoms with van der Waals surface area (Å²) in [4.78, 5) is 142. The number of sulfone groups is 1. The van der Waals surface area contributed by atoms with Crippen molar-refractivity contribution in [2.45, 2.75) is 153 Å². The second-order valence-corrected chi connectivity index (χ2v) is 28.7. The molecule has 3 aliphatic heterocycles. The van der Waals surface area contributed by atoms with E-state index in [0.717, 1.165) is 99.5 Å². The van der Waals surface area contributed by atoms with E-state index in [1.807, 2.05) is 112 Å². The third-order valence-electron chi connectivity index (χ3n) is 15.9. The summed E-state index contributed by atoms with van der Waals surface area (Å²) in [6.45, 7) is 30.0. The molecule has 3 heterocycles. The monoisotopic (exact) mass is 1980 g/mol. The van der Waals surface area contributed by atoms with E-state index in [4.69, 9.17) is 47.7 Å². The number of benzene rings is 9. The van der Waals surface area contributed by atoms with E-state index in [1.54, 1.807) is 81.4 Å². The van der Waals surface area contributed by atoms with Crippen molar-refractivity contribution in [1.29, 1.82) is 0 Å². The summed E-state index contributed by atoms with van der Waals surface area (Å²) in [7, 11) is -3.25. The predicted molar refractivity (Wildman–Crippen MR) is 449 cm³/mol. The molecule has 0 N–H and O–H groups in total. The Morgan fingerprint density at radius 1 is 0.408 bits per heavy atom. The fourth-order valence-corrected chi connectivity index (χ4v) is 11.8. The summed E-state index contributed by atoms with van der Waals surface area (Å²) < 4.78 is 70.5. The molecule has 0 saturated carbocycles. The number of hydrogen-bond donors (Lipinski definition) is 0. The fourth-order valence-electron chi connectivity index (χ4n) is 10.1. The van der Waals surface area contributed by atoms with Crippen LogP contribution in [0.15, 0.2) is 169 Å². The first-order chi connectivity index (χ1) is 58.5. The van der Waals surface area contributed by atoms with Crippen LogP contribution >= 0.6 is 0 Å². The quantitative estimate of drug-likeness (QED) is 0.0622. The summed E-state index contributed by atoms with van der Waals surface area (Å²) in [5.74, 6) is 1.39. The van der Waals surface area contributed by atoms with Crippen molar-refractivity contribution < 1.29 is 140 Å². The molecular formula is C88H96F2N6O27SU. The summed E-state index contributed by atoms with van der Waals surface area (Å²) in [5.41, 5.74) is 11.3. The number of Topliss-reactive ketones (excluding diaryl/α,β-unsaturated/α-hetero) is 3. The smallest absolute Gasteiger partial charge is 0.493 e. The molecule has 664 valence electrons. The van der Waals surface area contributed by atoms with Crippen molar-refractivity contribution in [3.63, 3.8) is 0 Å². The minimum Gasteiger partial charge on any atom is -0.493 e. The minimum absolute atomic E-state index is 0. The van der Waals surface area contributed by atoms with Gasteiger partial charge in [0.05, 0.1) is 61.7 Å². The van der Waals surface area contributed by atoms with E-state index in [0.29, 0.717) is 85.2 Å². The maximum atomic E-state index is 12.7. The Kier molecular flexibility index (Phi) is 56.2. The second-order valence-electron chi connectivity index (χ2n) is 26.6. The number of rotatable bonds is 12. The number of nitro benzene ring substituents is 6.